The minimum Gasteiger partial charge on any atom is -0.321 e. The van der Waals surface area contributed by atoms with Gasteiger partial charge in [0.1, 0.15) is 6.17 Å². The molecule has 1 aliphatic heterocycles. The van der Waals surface area contributed by atoms with Crippen molar-refractivity contribution in [3.63, 3.8) is 0 Å². The highest BCUT2D eigenvalue weighted by Gasteiger charge is 2.38. The quantitative estimate of drug-likeness (QED) is 0.924. The second-order valence-electron chi connectivity index (χ2n) is 6.82. The summed E-state index contributed by atoms with van der Waals surface area (Å²) in [6.07, 6.45) is 5.20. The number of nitrogens with one attached hydrogen (secondary N) is 1. The largest absolute Gasteiger partial charge is 0.321 e. The monoisotopic (exact) mass is 286 g/mol. The van der Waals surface area contributed by atoms with Crippen LogP contribution in [0.25, 0.3) is 0 Å². The van der Waals surface area contributed by atoms with Gasteiger partial charge in [-0.1, -0.05) is 50.1 Å². The van der Waals surface area contributed by atoms with Gasteiger partial charge in [-0.25, -0.2) is 0 Å². The van der Waals surface area contributed by atoms with Crippen molar-refractivity contribution in [3.05, 3.63) is 35.9 Å². The molecule has 2 atom stereocenters. The average molecular weight is 286 g/mol. The summed E-state index contributed by atoms with van der Waals surface area (Å²) in [7, 11) is 0. The normalized spacial score (nSPS) is 33.4. The third-order valence-corrected chi connectivity index (χ3v) is 5.08. The summed E-state index contributed by atoms with van der Waals surface area (Å²) in [5, 5.41) is 3.44. The molecule has 3 rings (SSSR count). The molecule has 1 aromatic rings. The van der Waals surface area contributed by atoms with Gasteiger partial charge >= 0.3 is 0 Å². The van der Waals surface area contributed by atoms with E-state index in [9.17, 15) is 4.79 Å². The molecule has 1 saturated carbocycles. The second kappa shape index (κ2) is 6.18. The van der Waals surface area contributed by atoms with E-state index in [0.717, 1.165) is 12.5 Å². The lowest BCUT2D eigenvalue weighted by Gasteiger charge is -2.32. The van der Waals surface area contributed by atoms with E-state index in [1.165, 1.54) is 31.2 Å². The number of hydrogen-bond donors (Lipinski definition) is 1. The summed E-state index contributed by atoms with van der Waals surface area (Å²) in [5.41, 5.74) is 1.19. The van der Waals surface area contributed by atoms with Crippen molar-refractivity contribution in [2.24, 2.45) is 11.8 Å². The minimum atomic E-state index is -0.0716. The summed E-state index contributed by atoms with van der Waals surface area (Å²) < 4.78 is 0. The van der Waals surface area contributed by atoms with E-state index >= 15 is 0 Å². The van der Waals surface area contributed by atoms with Crippen molar-refractivity contribution < 1.29 is 4.79 Å². The first-order valence-electron chi connectivity index (χ1n) is 8.26. The van der Waals surface area contributed by atoms with E-state index in [1.54, 1.807) is 0 Å². The maximum Gasteiger partial charge on any atom is 0.241 e. The number of benzene rings is 1. The van der Waals surface area contributed by atoms with E-state index in [2.05, 4.69) is 29.3 Å². The third-order valence-electron chi connectivity index (χ3n) is 5.08. The molecule has 0 radical (unpaired) electrons. The van der Waals surface area contributed by atoms with E-state index in [0.29, 0.717) is 5.92 Å². The van der Waals surface area contributed by atoms with Crippen LogP contribution in [0.5, 0.6) is 0 Å². The van der Waals surface area contributed by atoms with Gasteiger partial charge in [0.2, 0.25) is 5.91 Å². The maximum absolute atomic E-state index is 12.5. The fourth-order valence-corrected chi connectivity index (χ4v) is 3.67. The van der Waals surface area contributed by atoms with Gasteiger partial charge < -0.3 is 4.90 Å². The van der Waals surface area contributed by atoms with Crippen molar-refractivity contribution in [3.8, 4) is 0 Å². The Bertz CT molecular complexity index is 479. The number of carbonyl (C=O) groups is 1. The second-order valence-corrected chi connectivity index (χ2v) is 6.82. The lowest BCUT2D eigenvalue weighted by molar-refractivity contribution is -0.130. The average Bonchev–Trinajstić information content (AvgIpc) is 2.79. The number of amides is 1. The zero-order chi connectivity index (χ0) is 14.8. The molecule has 2 unspecified atom stereocenters. The molecule has 1 aliphatic carbocycles. The molecule has 1 amide bonds. The van der Waals surface area contributed by atoms with Crippen LogP contribution in [0.4, 0.5) is 0 Å². The van der Waals surface area contributed by atoms with Gasteiger partial charge in [0.15, 0.2) is 0 Å². The van der Waals surface area contributed by atoms with Gasteiger partial charge in [-0.15, -0.1) is 0 Å². The number of nitrogens with zero attached hydrogens (tertiary/aromatic N) is 1. The highest BCUT2D eigenvalue weighted by Crippen LogP contribution is 2.32. The van der Waals surface area contributed by atoms with E-state index in [1.807, 2.05) is 25.1 Å². The van der Waals surface area contributed by atoms with Crippen LogP contribution in [0.1, 0.15) is 51.3 Å². The molecule has 0 aromatic heterocycles. The summed E-state index contributed by atoms with van der Waals surface area (Å²) in [5.74, 6) is 1.78. The van der Waals surface area contributed by atoms with Crippen LogP contribution in [0, 0.1) is 11.8 Å². The first kappa shape index (κ1) is 14.6. The number of hydrogen-bond acceptors (Lipinski definition) is 2. The van der Waals surface area contributed by atoms with Crippen LogP contribution in [-0.4, -0.2) is 23.4 Å². The van der Waals surface area contributed by atoms with Crippen LogP contribution >= 0.6 is 0 Å². The molecule has 2 fully saturated rings. The van der Waals surface area contributed by atoms with Crippen molar-refractivity contribution in [2.75, 3.05) is 6.54 Å². The van der Waals surface area contributed by atoms with Crippen LogP contribution in [0.3, 0.4) is 0 Å². The summed E-state index contributed by atoms with van der Waals surface area (Å²) >= 11 is 0. The van der Waals surface area contributed by atoms with Gasteiger partial charge in [0.25, 0.3) is 0 Å². The van der Waals surface area contributed by atoms with Crippen molar-refractivity contribution in [2.45, 2.75) is 51.7 Å². The topological polar surface area (TPSA) is 32.3 Å². The van der Waals surface area contributed by atoms with Gasteiger partial charge in [-0.2, -0.15) is 0 Å². The van der Waals surface area contributed by atoms with Crippen LogP contribution in [-0.2, 0) is 4.79 Å². The SMILES string of the molecule is CC1CCC(CN2C(=O)C(C)NC2c2ccccc2)CC1. The molecule has 1 N–H and O–H groups in total. The minimum absolute atomic E-state index is 0.0491. The molecular weight excluding hydrogens is 260 g/mol. The Balaban J connectivity index is 1.72. The first-order valence-corrected chi connectivity index (χ1v) is 8.26. The lowest BCUT2D eigenvalue weighted by atomic mass is 9.82. The van der Waals surface area contributed by atoms with Gasteiger partial charge in [0.05, 0.1) is 6.04 Å². The number of carbonyl (C=O) groups excluding carboxylic acids is 1. The summed E-state index contributed by atoms with van der Waals surface area (Å²) in [6, 6.07) is 10.3. The smallest absolute Gasteiger partial charge is 0.241 e. The fourth-order valence-electron chi connectivity index (χ4n) is 3.67. The Kier molecular flexibility index (Phi) is 4.29. The van der Waals surface area contributed by atoms with Gasteiger partial charge in [-0.3, -0.25) is 10.1 Å². The highest BCUT2D eigenvalue weighted by atomic mass is 16.2. The zero-order valence-corrected chi connectivity index (χ0v) is 13.1. The summed E-state index contributed by atoms with van der Waals surface area (Å²) in [6.45, 7) is 5.22. The van der Waals surface area contributed by atoms with Crippen LogP contribution in [0.2, 0.25) is 0 Å². The molecule has 0 spiro atoms. The molecule has 1 heterocycles. The van der Waals surface area contributed by atoms with Gasteiger partial charge in [-0.05, 0) is 37.2 Å². The highest BCUT2D eigenvalue weighted by molar-refractivity contribution is 5.84. The van der Waals surface area contributed by atoms with Gasteiger partial charge in [0, 0.05) is 6.54 Å². The van der Waals surface area contributed by atoms with E-state index < -0.39 is 0 Å². The Morgan fingerprint density at radius 1 is 1.10 bits per heavy atom. The predicted octanol–water partition coefficient (Wildman–Crippen LogP) is 3.33. The molecule has 3 nitrogen and oxygen atoms in total. The van der Waals surface area contributed by atoms with Crippen LogP contribution in [0.15, 0.2) is 30.3 Å². The Morgan fingerprint density at radius 2 is 1.76 bits per heavy atom. The van der Waals surface area contributed by atoms with Crippen molar-refractivity contribution in [1.29, 1.82) is 0 Å². The molecule has 1 aromatic carbocycles. The van der Waals surface area contributed by atoms with Crippen LogP contribution < -0.4 is 5.32 Å². The molecule has 1 saturated heterocycles. The summed E-state index contributed by atoms with van der Waals surface area (Å²) in [4.78, 5) is 14.6. The molecular formula is C18H26N2O. The Labute approximate surface area is 127 Å². The standard InChI is InChI=1S/C18H26N2O/c1-13-8-10-15(11-9-13)12-20-17(19-14(2)18(20)21)16-6-4-3-5-7-16/h3-7,13-15,17,19H,8-12H2,1-2H3. The molecule has 114 valence electrons. The molecule has 2 aliphatic rings. The fraction of sp³-hybridized carbons (Fsp3) is 0.611. The van der Waals surface area contributed by atoms with E-state index in [-0.39, 0.29) is 18.1 Å². The van der Waals surface area contributed by atoms with E-state index in [4.69, 9.17) is 0 Å². The zero-order valence-electron chi connectivity index (χ0n) is 13.1. The van der Waals surface area contributed by atoms with Crippen molar-refractivity contribution >= 4 is 5.91 Å². The molecule has 0 bridgehead atoms. The lowest BCUT2D eigenvalue weighted by Crippen LogP contribution is -2.36. The maximum atomic E-state index is 12.5. The van der Waals surface area contributed by atoms with Crippen molar-refractivity contribution in [1.82, 2.24) is 10.2 Å². The predicted molar refractivity (Wildman–Crippen MR) is 84.6 cm³/mol. The first-order chi connectivity index (χ1) is 10.1. The number of rotatable bonds is 3. The Morgan fingerprint density at radius 3 is 2.43 bits per heavy atom. The Hall–Kier alpha value is -1.35. The third kappa shape index (κ3) is 3.13. The molecule has 21 heavy (non-hydrogen) atoms. The molecule has 3 heteroatoms.